The molecule has 3 aromatic carbocycles. The fraction of sp³-hybridized carbons (Fsp3) is 0.455. The summed E-state index contributed by atoms with van der Waals surface area (Å²) in [6.07, 6.45) is 8.73. The number of amides is 5. The van der Waals surface area contributed by atoms with Gasteiger partial charge in [-0.25, -0.2) is 0 Å². The monoisotopic (exact) mass is 805 g/mol. The summed E-state index contributed by atoms with van der Waals surface area (Å²) in [7, 11) is 0. The number of piperidine rings is 2. The lowest BCUT2D eigenvalue weighted by molar-refractivity contribution is -0.136. The average molecular weight is 806 g/mol. The summed E-state index contributed by atoms with van der Waals surface area (Å²) < 4.78 is 5.84. The number of ether oxygens (including phenoxy) is 1. The number of carbonyl (C=O) groups excluding carboxylic acids is 5. The molecular weight excluding hydrogens is 758 g/mol. The van der Waals surface area contributed by atoms with Crippen molar-refractivity contribution in [3.8, 4) is 11.8 Å². The molecule has 3 saturated heterocycles. The second-order valence-corrected chi connectivity index (χ2v) is 16.5. The molecule has 5 heterocycles. The summed E-state index contributed by atoms with van der Waals surface area (Å²) >= 11 is 5.94. The maximum Gasteiger partial charge on any atom is 0.262 e. The van der Waals surface area contributed by atoms with Gasteiger partial charge in [0.2, 0.25) is 11.8 Å². The van der Waals surface area contributed by atoms with E-state index in [1.807, 2.05) is 24.3 Å². The molecule has 14 heteroatoms. The van der Waals surface area contributed by atoms with E-state index in [-0.39, 0.29) is 24.7 Å². The molecule has 0 bridgehead atoms. The Morgan fingerprint density at radius 3 is 2.14 bits per heavy atom. The zero-order valence-electron chi connectivity index (χ0n) is 32.5. The van der Waals surface area contributed by atoms with Crippen molar-refractivity contribution < 1.29 is 28.7 Å². The number of benzene rings is 3. The summed E-state index contributed by atoms with van der Waals surface area (Å²) in [6.45, 7) is 7.41. The van der Waals surface area contributed by atoms with Crippen molar-refractivity contribution in [1.29, 1.82) is 5.26 Å². The predicted molar refractivity (Wildman–Crippen MR) is 218 cm³/mol. The third kappa shape index (κ3) is 8.40. The molecule has 302 valence electrons. The topological polar surface area (TPSA) is 155 Å². The zero-order valence-corrected chi connectivity index (χ0v) is 33.3. The third-order valence-corrected chi connectivity index (χ3v) is 12.7. The van der Waals surface area contributed by atoms with Crippen molar-refractivity contribution in [2.24, 2.45) is 5.92 Å². The Labute approximate surface area is 343 Å². The average Bonchev–Trinajstić information content (AvgIpc) is 3.73. The fourth-order valence-electron chi connectivity index (χ4n) is 9.03. The molecule has 9 rings (SSSR count). The van der Waals surface area contributed by atoms with Crippen LogP contribution in [0, 0.1) is 17.2 Å². The fourth-order valence-corrected chi connectivity index (χ4v) is 9.25. The van der Waals surface area contributed by atoms with Gasteiger partial charge in [-0.3, -0.25) is 39.1 Å². The highest BCUT2D eigenvalue weighted by Gasteiger charge is 2.45. The van der Waals surface area contributed by atoms with Crippen molar-refractivity contribution >= 4 is 52.5 Å². The van der Waals surface area contributed by atoms with E-state index in [4.69, 9.17) is 21.6 Å². The SMILES string of the molecule is N#Cc1ccc(OC2CCCCC2)cc1Cl.O=C1CCC(N2C(=O)c3ccc(N4CCC(CN5CCN(c6ccc7c(c6)CNC7=O)CC5)CC4)cc3C2=O)C(=O)N1. The minimum Gasteiger partial charge on any atom is -0.490 e. The molecule has 1 unspecified atom stereocenters. The quantitative estimate of drug-likeness (QED) is 0.301. The van der Waals surface area contributed by atoms with Crippen molar-refractivity contribution in [2.45, 2.75) is 76.5 Å². The number of imide groups is 2. The molecule has 5 aliphatic heterocycles. The lowest BCUT2D eigenvalue weighted by Crippen LogP contribution is -2.54. The van der Waals surface area contributed by atoms with Crippen molar-refractivity contribution in [3.63, 3.8) is 0 Å². The minimum absolute atomic E-state index is 0.0172. The van der Waals surface area contributed by atoms with Crippen LogP contribution in [0.5, 0.6) is 5.75 Å². The molecule has 1 saturated carbocycles. The van der Waals surface area contributed by atoms with Gasteiger partial charge >= 0.3 is 0 Å². The van der Waals surface area contributed by atoms with Gasteiger partial charge in [0.15, 0.2) is 0 Å². The first-order valence-corrected chi connectivity index (χ1v) is 20.9. The van der Waals surface area contributed by atoms with E-state index in [2.05, 4.69) is 37.5 Å². The Kier molecular flexibility index (Phi) is 11.7. The highest BCUT2D eigenvalue weighted by molar-refractivity contribution is 6.31. The van der Waals surface area contributed by atoms with Gasteiger partial charge in [-0.2, -0.15) is 5.26 Å². The van der Waals surface area contributed by atoms with Crippen LogP contribution in [0.25, 0.3) is 0 Å². The molecule has 6 aliphatic rings. The highest BCUT2D eigenvalue weighted by Crippen LogP contribution is 2.33. The predicted octanol–water partition coefficient (Wildman–Crippen LogP) is 5.29. The van der Waals surface area contributed by atoms with E-state index in [1.54, 1.807) is 24.3 Å². The van der Waals surface area contributed by atoms with E-state index < -0.39 is 23.8 Å². The normalized spacial score (nSPS) is 21.5. The number of anilines is 2. The summed E-state index contributed by atoms with van der Waals surface area (Å²) in [5, 5.41) is 14.4. The minimum atomic E-state index is -0.951. The standard InChI is InChI=1S/C31H34N6O5.C13H14ClNO/c38-27-6-5-26(29(40)33-27)37-30(41)24-4-2-22(16-25(24)31(37)42)35-9-7-19(8-10-35)18-34-11-13-36(14-12-34)21-1-3-23-20(15-21)17-32-28(23)39;14-13-8-12(7-6-10(13)9-15)16-11-4-2-1-3-5-11/h1-4,15-16,19,26H,5-14,17-18H2,(H,32,39)(H,33,38,40);6-8,11H,1-5H2. The molecule has 1 atom stereocenters. The number of hydrogen-bond donors (Lipinski definition) is 2. The summed E-state index contributed by atoms with van der Waals surface area (Å²) in [5.41, 5.74) is 5.11. The van der Waals surface area contributed by atoms with Crippen LogP contribution in [0.4, 0.5) is 11.4 Å². The van der Waals surface area contributed by atoms with E-state index in [9.17, 15) is 24.0 Å². The number of nitrogens with zero attached hydrogens (tertiary/aromatic N) is 5. The summed E-state index contributed by atoms with van der Waals surface area (Å²) in [4.78, 5) is 70.2. The second kappa shape index (κ2) is 17.2. The van der Waals surface area contributed by atoms with Crippen LogP contribution in [-0.4, -0.2) is 97.3 Å². The number of carbonyl (C=O) groups is 5. The maximum absolute atomic E-state index is 13.2. The highest BCUT2D eigenvalue weighted by atomic mass is 35.5. The molecule has 0 spiro atoms. The van der Waals surface area contributed by atoms with E-state index >= 15 is 0 Å². The molecule has 5 amide bonds. The third-order valence-electron chi connectivity index (χ3n) is 12.3. The Bertz CT molecular complexity index is 2150. The van der Waals surface area contributed by atoms with Gasteiger partial charge in [-0.15, -0.1) is 0 Å². The van der Waals surface area contributed by atoms with Gasteiger partial charge in [0, 0.05) is 81.8 Å². The lowest BCUT2D eigenvalue weighted by atomic mass is 9.95. The maximum atomic E-state index is 13.2. The molecule has 2 N–H and O–H groups in total. The second-order valence-electron chi connectivity index (χ2n) is 16.1. The van der Waals surface area contributed by atoms with Crippen LogP contribution < -0.4 is 25.2 Å². The van der Waals surface area contributed by atoms with Gasteiger partial charge in [-0.1, -0.05) is 18.0 Å². The molecule has 58 heavy (non-hydrogen) atoms. The van der Waals surface area contributed by atoms with Gasteiger partial charge in [-0.05, 0) is 105 Å². The molecule has 1 aliphatic carbocycles. The smallest absolute Gasteiger partial charge is 0.262 e. The number of nitrogens with one attached hydrogen (secondary N) is 2. The Balaban J connectivity index is 0.000000246. The molecule has 0 radical (unpaired) electrons. The van der Waals surface area contributed by atoms with Gasteiger partial charge in [0.05, 0.1) is 27.8 Å². The Morgan fingerprint density at radius 2 is 1.43 bits per heavy atom. The van der Waals surface area contributed by atoms with Crippen LogP contribution in [0.15, 0.2) is 54.6 Å². The van der Waals surface area contributed by atoms with Crippen molar-refractivity contribution in [3.05, 3.63) is 87.4 Å². The first-order valence-electron chi connectivity index (χ1n) is 20.5. The number of halogens is 1. The number of piperazine rings is 1. The molecule has 13 nitrogen and oxygen atoms in total. The number of hydrogen-bond acceptors (Lipinski definition) is 10. The van der Waals surface area contributed by atoms with Crippen LogP contribution in [-0.2, 0) is 16.1 Å². The van der Waals surface area contributed by atoms with E-state index in [0.717, 1.165) is 99.0 Å². The molecular formula is C44H48ClN7O6. The van der Waals surface area contributed by atoms with Gasteiger partial charge in [0.1, 0.15) is 17.9 Å². The zero-order chi connectivity index (χ0) is 40.3. The summed E-state index contributed by atoms with van der Waals surface area (Å²) in [6, 6.07) is 17.9. The first-order chi connectivity index (χ1) is 28.1. The largest absolute Gasteiger partial charge is 0.490 e. The van der Waals surface area contributed by atoms with Crippen LogP contribution in [0.1, 0.15) is 100.0 Å². The summed E-state index contributed by atoms with van der Waals surface area (Å²) in [5.74, 6) is -0.523. The number of rotatable bonds is 7. The number of fused-ring (bicyclic) bond motifs is 2. The van der Waals surface area contributed by atoms with Crippen LogP contribution in [0.3, 0.4) is 0 Å². The Morgan fingerprint density at radius 1 is 0.741 bits per heavy atom. The van der Waals surface area contributed by atoms with E-state index in [1.165, 1.54) is 24.9 Å². The number of nitriles is 1. The molecule has 0 aromatic heterocycles. The van der Waals surface area contributed by atoms with E-state index in [0.29, 0.717) is 40.3 Å². The van der Waals surface area contributed by atoms with Gasteiger partial charge < -0.3 is 19.9 Å². The van der Waals surface area contributed by atoms with Crippen molar-refractivity contribution in [2.75, 3.05) is 55.6 Å². The first kappa shape index (κ1) is 39.4. The van der Waals surface area contributed by atoms with Crippen LogP contribution in [0.2, 0.25) is 5.02 Å². The van der Waals surface area contributed by atoms with Crippen molar-refractivity contribution in [1.82, 2.24) is 20.4 Å². The molecule has 4 fully saturated rings. The lowest BCUT2D eigenvalue weighted by Gasteiger charge is -2.40. The van der Waals surface area contributed by atoms with Gasteiger partial charge in [0.25, 0.3) is 17.7 Å². The molecule has 3 aromatic rings. The Hall–Kier alpha value is -5.45. The van der Waals surface area contributed by atoms with Crippen LogP contribution >= 0.6 is 11.6 Å².